The highest BCUT2D eigenvalue weighted by atomic mass is 16.9. The van der Waals surface area contributed by atoms with Gasteiger partial charge in [0, 0.05) is 13.2 Å². The van der Waals surface area contributed by atoms with E-state index in [9.17, 15) is 9.59 Å². The summed E-state index contributed by atoms with van der Waals surface area (Å²) in [6.07, 6.45) is -1.47. The number of rotatable bonds is 6. The van der Waals surface area contributed by atoms with E-state index in [0.29, 0.717) is 30.7 Å². The van der Waals surface area contributed by atoms with E-state index >= 15 is 0 Å². The summed E-state index contributed by atoms with van der Waals surface area (Å²) in [4.78, 5) is 26.2. The average Bonchev–Trinajstić information content (AvgIpc) is 3.31. The first-order valence-electron chi connectivity index (χ1n) is 11.0. The summed E-state index contributed by atoms with van der Waals surface area (Å²) in [5.41, 5.74) is 0.912. The molecule has 1 aromatic carbocycles. The number of benzene rings is 1. The molecule has 174 valence electrons. The first-order valence-corrected chi connectivity index (χ1v) is 11.0. The summed E-state index contributed by atoms with van der Waals surface area (Å²) in [5, 5.41) is 0. The molecule has 5 atom stereocenters. The molecule has 4 aliphatic rings. The number of hydrogen-bond donors (Lipinski definition) is 0. The highest BCUT2D eigenvalue weighted by Crippen LogP contribution is 2.44. The van der Waals surface area contributed by atoms with Crippen molar-refractivity contribution in [2.45, 2.75) is 76.4 Å². The second-order valence-electron chi connectivity index (χ2n) is 9.44. The van der Waals surface area contributed by atoms with Crippen LogP contribution in [-0.2, 0) is 28.4 Å². The Bertz CT molecular complexity index is 880. The van der Waals surface area contributed by atoms with Gasteiger partial charge in [-0.15, -0.1) is 0 Å². The fraction of sp³-hybridized carbons (Fsp3) is 0.652. The number of ether oxygens (including phenoxy) is 6. The quantitative estimate of drug-likeness (QED) is 0.484. The molecule has 0 aromatic heterocycles. The van der Waals surface area contributed by atoms with Crippen LogP contribution in [0.2, 0.25) is 0 Å². The van der Waals surface area contributed by atoms with Crippen molar-refractivity contribution in [1.82, 2.24) is 4.90 Å². The molecule has 0 aliphatic carbocycles. The van der Waals surface area contributed by atoms with Gasteiger partial charge in [0.25, 0.3) is 11.8 Å². The second kappa shape index (κ2) is 7.86. The number of fused-ring (bicyclic) bond motifs is 4. The molecule has 5 rings (SSSR count). The van der Waals surface area contributed by atoms with Crippen LogP contribution < -0.4 is 0 Å². The van der Waals surface area contributed by atoms with Crippen molar-refractivity contribution in [2.24, 2.45) is 0 Å². The Kier molecular flexibility index (Phi) is 5.39. The molecule has 3 fully saturated rings. The van der Waals surface area contributed by atoms with Gasteiger partial charge in [-0.05, 0) is 46.2 Å². The van der Waals surface area contributed by atoms with Crippen LogP contribution in [0.4, 0.5) is 0 Å². The van der Waals surface area contributed by atoms with Crippen LogP contribution >= 0.6 is 0 Å². The van der Waals surface area contributed by atoms with Gasteiger partial charge in [0.1, 0.15) is 24.4 Å². The predicted octanol–water partition coefficient (Wildman–Crippen LogP) is 2.09. The second-order valence-corrected chi connectivity index (χ2v) is 9.44. The zero-order valence-corrected chi connectivity index (χ0v) is 18.7. The largest absolute Gasteiger partial charge is 0.379 e. The van der Waals surface area contributed by atoms with Gasteiger partial charge in [-0.2, -0.15) is 0 Å². The fourth-order valence-electron chi connectivity index (χ4n) is 4.79. The van der Waals surface area contributed by atoms with Crippen molar-refractivity contribution in [1.29, 1.82) is 0 Å². The van der Waals surface area contributed by atoms with Crippen LogP contribution in [0.3, 0.4) is 0 Å². The molecule has 0 N–H and O–H groups in total. The van der Waals surface area contributed by atoms with Crippen LogP contribution in [0.1, 0.15) is 54.8 Å². The van der Waals surface area contributed by atoms with E-state index in [1.165, 1.54) is 4.90 Å². The molecule has 0 unspecified atom stereocenters. The van der Waals surface area contributed by atoms with E-state index in [4.69, 9.17) is 28.4 Å². The number of hydrogen-bond acceptors (Lipinski definition) is 8. The lowest BCUT2D eigenvalue weighted by molar-refractivity contribution is -0.243. The molecule has 0 radical (unpaired) electrons. The topological polar surface area (TPSA) is 92.8 Å². The Morgan fingerprint density at radius 2 is 1.47 bits per heavy atom. The standard InChI is InChI=1S/C23H29NO8/c1-22(2)29-16-15(28-21-18(17(16)30-22)31-23(3,4)32-21)12-27-11-7-10-24-19(25)13-8-5-6-9-14(13)20(24)26/h5-6,8-9,15-18,21H,7,10-12H2,1-4H3/t15-,16+,17+,18-,21-/m1/s1. The normalized spacial score (nSPS) is 34.5. The molecular formula is C23H29NO8. The van der Waals surface area contributed by atoms with Crippen LogP contribution in [0.25, 0.3) is 0 Å². The van der Waals surface area contributed by atoms with Gasteiger partial charge in [0.2, 0.25) is 0 Å². The van der Waals surface area contributed by atoms with Gasteiger partial charge in [-0.3, -0.25) is 14.5 Å². The van der Waals surface area contributed by atoms with E-state index in [1.54, 1.807) is 24.3 Å². The maximum Gasteiger partial charge on any atom is 0.261 e. The molecule has 9 nitrogen and oxygen atoms in total. The molecular weight excluding hydrogens is 418 g/mol. The van der Waals surface area contributed by atoms with Crippen LogP contribution in [0.5, 0.6) is 0 Å². The highest BCUT2D eigenvalue weighted by Gasteiger charge is 2.60. The third-order valence-electron chi connectivity index (χ3n) is 6.08. The summed E-state index contributed by atoms with van der Waals surface area (Å²) in [6.45, 7) is 8.35. The van der Waals surface area contributed by atoms with Crippen molar-refractivity contribution in [3.63, 3.8) is 0 Å². The number of imide groups is 1. The predicted molar refractivity (Wildman–Crippen MR) is 110 cm³/mol. The molecule has 9 heteroatoms. The molecule has 3 saturated heterocycles. The lowest BCUT2D eigenvalue weighted by Crippen LogP contribution is -2.56. The summed E-state index contributed by atoms with van der Waals surface area (Å²) >= 11 is 0. The lowest BCUT2D eigenvalue weighted by Gasteiger charge is -2.37. The molecule has 0 bridgehead atoms. The minimum Gasteiger partial charge on any atom is -0.379 e. The van der Waals surface area contributed by atoms with Crippen molar-refractivity contribution >= 4 is 11.8 Å². The molecule has 0 saturated carbocycles. The summed E-state index contributed by atoms with van der Waals surface area (Å²) in [5.74, 6) is -2.03. The monoisotopic (exact) mass is 447 g/mol. The molecule has 4 aliphatic heterocycles. The molecule has 2 amide bonds. The van der Waals surface area contributed by atoms with Gasteiger partial charge in [-0.25, -0.2) is 0 Å². The van der Waals surface area contributed by atoms with E-state index in [-0.39, 0.29) is 42.8 Å². The SMILES string of the molecule is CC1(C)O[C@H]2[C@@H](O1)[C@@H](COCCCN1C(=O)c3ccccc3C1=O)O[C@@H]1OC(C)(C)O[C@@H]12. The van der Waals surface area contributed by atoms with Gasteiger partial charge in [-0.1, -0.05) is 12.1 Å². The van der Waals surface area contributed by atoms with E-state index in [0.717, 1.165) is 0 Å². The Morgan fingerprint density at radius 3 is 2.16 bits per heavy atom. The number of amides is 2. The molecule has 0 spiro atoms. The first-order chi connectivity index (χ1) is 15.2. The van der Waals surface area contributed by atoms with Crippen LogP contribution in [0.15, 0.2) is 24.3 Å². The summed E-state index contributed by atoms with van der Waals surface area (Å²) < 4.78 is 36.0. The Balaban J connectivity index is 1.14. The Labute approximate surface area is 186 Å². The highest BCUT2D eigenvalue weighted by molar-refractivity contribution is 6.21. The molecule has 1 aromatic rings. The van der Waals surface area contributed by atoms with Crippen LogP contribution in [0, 0.1) is 0 Å². The Morgan fingerprint density at radius 1 is 0.875 bits per heavy atom. The lowest BCUT2D eigenvalue weighted by atomic mass is 9.99. The minimum absolute atomic E-state index is 0.255. The minimum atomic E-state index is -0.766. The van der Waals surface area contributed by atoms with Crippen molar-refractivity contribution in [2.75, 3.05) is 19.8 Å². The fourth-order valence-corrected chi connectivity index (χ4v) is 4.79. The zero-order chi connectivity index (χ0) is 22.7. The van der Waals surface area contributed by atoms with E-state index in [1.807, 2.05) is 27.7 Å². The van der Waals surface area contributed by atoms with Crippen molar-refractivity contribution < 1.29 is 38.0 Å². The third-order valence-corrected chi connectivity index (χ3v) is 6.08. The van der Waals surface area contributed by atoms with Gasteiger partial charge < -0.3 is 28.4 Å². The number of carbonyl (C=O) groups excluding carboxylic acids is 2. The molecule has 32 heavy (non-hydrogen) atoms. The average molecular weight is 447 g/mol. The summed E-state index contributed by atoms with van der Waals surface area (Å²) in [6, 6.07) is 6.87. The van der Waals surface area contributed by atoms with E-state index < -0.39 is 17.9 Å². The van der Waals surface area contributed by atoms with Crippen LogP contribution in [-0.4, -0.2) is 78.8 Å². The number of nitrogens with zero attached hydrogens (tertiary/aromatic N) is 1. The first kappa shape index (κ1) is 21.9. The van der Waals surface area contributed by atoms with Gasteiger partial charge in [0.15, 0.2) is 17.9 Å². The van der Waals surface area contributed by atoms with E-state index in [2.05, 4.69) is 0 Å². The van der Waals surface area contributed by atoms with Gasteiger partial charge in [0.05, 0.1) is 17.7 Å². The third kappa shape index (κ3) is 3.87. The smallest absolute Gasteiger partial charge is 0.261 e. The Hall–Kier alpha value is -1.88. The maximum absolute atomic E-state index is 12.5. The van der Waals surface area contributed by atoms with Crippen molar-refractivity contribution in [3.8, 4) is 0 Å². The summed E-state index contributed by atoms with van der Waals surface area (Å²) in [7, 11) is 0. The maximum atomic E-state index is 12.5. The molecule has 4 heterocycles. The van der Waals surface area contributed by atoms with Gasteiger partial charge >= 0.3 is 0 Å². The zero-order valence-electron chi connectivity index (χ0n) is 18.7. The van der Waals surface area contributed by atoms with Crippen molar-refractivity contribution in [3.05, 3.63) is 35.4 Å². The number of carbonyl (C=O) groups is 2.